The van der Waals surface area contributed by atoms with Crippen LogP contribution >= 0.6 is 11.8 Å². The van der Waals surface area contributed by atoms with Gasteiger partial charge in [0.25, 0.3) is 0 Å². The second-order valence-corrected chi connectivity index (χ2v) is 3.75. The van der Waals surface area contributed by atoms with Crippen LogP contribution in [0.5, 0.6) is 11.5 Å². The summed E-state index contributed by atoms with van der Waals surface area (Å²) < 4.78 is 45.5. The molecule has 1 rings (SSSR count). The molecule has 0 amide bonds. The molecule has 0 unspecified atom stereocenters. The van der Waals surface area contributed by atoms with Crippen LogP contribution in [-0.4, -0.2) is 19.7 Å². The number of methoxy groups -OCH3 is 2. The van der Waals surface area contributed by atoms with Crippen molar-refractivity contribution in [2.45, 2.75) is 5.51 Å². The highest BCUT2D eigenvalue weighted by Gasteiger charge is 2.27. The Hall–Kier alpha value is -1.48. The number of thioether (sulfide) groups is 1. The average molecular weight is 262 g/mol. The summed E-state index contributed by atoms with van der Waals surface area (Å²) in [4.78, 5) is 0. The molecule has 0 bridgehead atoms. The first kappa shape index (κ1) is 13.6. The molecular weight excluding hydrogens is 253 g/mol. The van der Waals surface area contributed by atoms with Crippen molar-refractivity contribution in [1.82, 2.24) is 0 Å². The Labute approximate surface area is 101 Å². The lowest BCUT2D eigenvalue weighted by Crippen LogP contribution is -1.96. The van der Waals surface area contributed by atoms with Crippen molar-refractivity contribution in [3.05, 3.63) is 23.8 Å². The maximum Gasteiger partial charge on any atom is 0.453 e. The Morgan fingerprint density at radius 1 is 1.06 bits per heavy atom. The number of hydrogen-bond donors (Lipinski definition) is 0. The predicted octanol–water partition coefficient (Wildman–Crippen LogP) is 3.27. The molecule has 0 aliphatic carbocycles. The maximum absolute atomic E-state index is 11.9. The Bertz CT molecular complexity index is 424. The second kappa shape index (κ2) is 5.73. The third-order valence-electron chi connectivity index (χ3n) is 1.71. The molecule has 0 aliphatic heterocycles. The van der Waals surface area contributed by atoms with Gasteiger partial charge in [0, 0.05) is 23.4 Å². The zero-order chi connectivity index (χ0) is 12.9. The van der Waals surface area contributed by atoms with Crippen LogP contribution in [0.15, 0.2) is 18.2 Å². The van der Waals surface area contributed by atoms with E-state index in [0.717, 1.165) is 0 Å². The first-order chi connectivity index (χ1) is 7.94. The second-order valence-electron chi connectivity index (χ2n) is 2.88. The smallest absolute Gasteiger partial charge is 0.453 e. The number of halogens is 3. The van der Waals surface area contributed by atoms with Crippen molar-refractivity contribution in [3.63, 3.8) is 0 Å². The highest BCUT2D eigenvalue weighted by Crippen LogP contribution is 2.29. The van der Waals surface area contributed by atoms with Crippen molar-refractivity contribution in [2.75, 3.05) is 14.2 Å². The van der Waals surface area contributed by atoms with E-state index < -0.39 is 5.51 Å². The van der Waals surface area contributed by atoms with Gasteiger partial charge >= 0.3 is 5.51 Å². The van der Waals surface area contributed by atoms with E-state index in [4.69, 9.17) is 9.47 Å². The maximum atomic E-state index is 11.9. The fraction of sp³-hybridized carbons (Fsp3) is 0.273. The van der Waals surface area contributed by atoms with Crippen LogP contribution in [0, 0.1) is 11.2 Å². The molecule has 1 aromatic rings. The normalized spacial score (nSPS) is 10.4. The van der Waals surface area contributed by atoms with Crippen LogP contribution in [0.1, 0.15) is 5.56 Å². The van der Waals surface area contributed by atoms with Crippen LogP contribution in [0.3, 0.4) is 0 Å². The van der Waals surface area contributed by atoms with E-state index in [1.165, 1.54) is 26.4 Å². The van der Waals surface area contributed by atoms with E-state index in [1.54, 1.807) is 6.07 Å². The third kappa shape index (κ3) is 4.91. The van der Waals surface area contributed by atoms with E-state index in [9.17, 15) is 13.2 Å². The molecule has 0 saturated carbocycles. The van der Waals surface area contributed by atoms with Crippen molar-refractivity contribution >= 4 is 11.8 Å². The van der Waals surface area contributed by atoms with Crippen molar-refractivity contribution in [1.29, 1.82) is 0 Å². The molecular formula is C11H9F3O2S. The highest BCUT2D eigenvalue weighted by molar-refractivity contribution is 8.04. The Kier molecular flexibility index (Phi) is 4.58. The molecule has 0 atom stereocenters. The molecule has 0 fully saturated rings. The van der Waals surface area contributed by atoms with Gasteiger partial charge in [0.1, 0.15) is 11.5 Å². The predicted molar refractivity (Wildman–Crippen MR) is 60.1 cm³/mol. The number of ether oxygens (including phenoxy) is 2. The molecule has 0 radical (unpaired) electrons. The van der Waals surface area contributed by atoms with Gasteiger partial charge in [-0.15, -0.1) is 0 Å². The summed E-state index contributed by atoms with van der Waals surface area (Å²) in [6.07, 6.45) is 0. The van der Waals surface area contributed by atoms with Gasteiger partial charge in [-0.3, -0.25) is 0 Å². The van der Waals surface area contributed by atoms with Crippen molar-refractivity contribution < 1.29 is 22.6 Å². The minimum absolute atomic E-state index is 0.387. The highest BCUT2D eigenvalue weighted by atomic mass is 32.2. The average Bonchev–Trinajstić information content (AvgIpc) is 2.26. The number of hydrogen-bond acceptors (Lipinski definition) is 3. The largest absolute Gasteiger partial charge is 0.497 e. The summed E-state index contributed by atoms with van der Waals surface area (Å²) in [6.45, 7) is 0. The molecule has 0 saturated heterocycles. The molecule has 2 nitrogen and oxygen atoms in total. The van der Waals surface area contributed by atoms with Gasteiger partial charge in [-0.05, 0) is 17.4 Å². The fourth-order valence-corrected chi connectivity index (χ4v) is 1.31. The van der Waals surface area contributed by atoms with Crippen LogP contribution in [-0.2, 0) is 0 Å². The summed E-state index contributed by atoms with van der Waals surface area (Å²) in [5.74, 6) is 3.34. The van der Waals surface area contributed by atoms with Gasteiger partial charge in [-0.25, -0.2) is 0 Å². The van der Waals surface area contributed by atoms with Crippen molar-refractivity contribution in [3.8, 4) is 22.7 Å². The summed E-state index contributed by atoms with van der Waals surface area (Å²) in [7, 11) is 2.91. The van der Waals surface area contributed by atoms with Crippen LogP contribution < -0.4 is 9.47 Å². The van der Waals surface area contributed by atoms with Gasteiger partial charge in [-0.2, -0.15) is 13.2 Å². The SMILES string of the molecule is COc1cc(C#CSC(F)(F)F)cc(OC)c1. The number of rotatable bonds is 2. The van der Waals surface area contributed by atoms with Gasteiger partial charge in [0.15, 0.2) is 0 Å². The van der Waals surface area contributed by atoms with Crippen LogP contribution in [0.2, 0.25) is 0 Å². The van der Waals surface area contributed by atoms with Gasteiger partial charge in [0.2, 0.25) is 0 Å². The fourth-order valence-electron chi connectivity index (χ4n) is 1.02. The lowest BCUT2D eigenvalue weighted by Gasteiger charge is -2.04. The topological polar surface area (TPSA) is 18.5 Å². The molecule has 0 aliphatic rings. The molecule has 0 spiro atoms. The van der Waals surface area contributed by atoms with Crippen molar-refractivity contribution in [2.24, 2.45) is 0 Å². The van der Waals surface area contributed by atoms with Crippen LogP contribution in [0.25, 0.3) is 0 Å². The Morgan fingerprint density at radius 2 is 1.59 bits per heavy atom. The number of benzene rings is 1. The first-order valence-corrected chi connectivity index (χ1v) is 5.25. The molecule has 0 aromatic heterocycles. The lowest BCUT2D eigenvalue weighted by atomic mass is 10.2. The quantitative estimate of drug-likeness (QED) is 0.762. The van der Waals surface area contributed by atoms with E-state index >= 15 is 0 Å². The zero-order valence-corrected chi connectivity index (χ0v) is 9.91. The van der Waals surface area contributed by atoms with E-state index in [-0.39, 0.29) is 11.8 Å². The molecule has 0 heterocycles. The monoisotopic (exact) mass is 262 g/mol. The number of alkyl halides is 3. The molecule has 92 valence electrons. The summed E-state index contributed by atoms with van der Waals surface area (Å²) in [5, 5.41) is 1.97. The molecule has 17 heavy (non-hydrogen) atoms. The third-order valence-corrected chi connectivity index (χ3v) is 2.15. The standard InChI is InChI=1S/C11H9F3O2S/c1-15-9-5-8(6-10(7-9)16-2)3-4-17-11(12,13)14/h5-7H,1-2H3. The van der Waals surface area contributed by atoms with E-state index in [1.807, 2.05) is 5.25 Å². The van der Waals surface area contributed by atoms with Gasteiger partial charge in [-0.1, -0.05) is 5.92 Å². The zero-order valence-electron chi connectivity index (χ0n) is 9.09. The van der Waals surface area contributed by atoms with E-state index in [2.05, 4.69) is 5.92 Å². The lowest BCUT2D eigenvalue weighted by molar-refractivity contribution is -0.0318. The van der Waals surface area contributed by atoms with E-state index in [0.29, 0.717) is 17.1 Å². The van der Waals surface area contributed by atoms with Gasteiger partial charge in [0.05, 0.1) is 14.2 Å². The summed E-state index contributed by atoms with van der Waals surface area (Å²) >= 11 is -0.387. The minimum Gasteiger partial charge on any atom is -0.497 e. The van der Waals surface area contributed by atoms with Gasteiger partial charge < -0.3 is 9.47 Å². The summed E-state index contributed by atoms with van der Waals surface area (Å²) in [5.41, 5.74) is -3.95. The summed E-state index contributed by atoms with van der Waals surface area (Å²) in [6, 6.07) is 4.68. The molecule has 1 aromatic carbocycles. The molecule has 0 N–H and O–H groups in total. The first-order valence-electron chi connectivity index (χ1n) is 4.43. The van der Waals surface area contributed by atoms with Crippen LogP contribution in [0.4, 0.5) is 13.2 Å². The minimum atomic E-state index is -4.35. The molecule has 6 heteroatoms. The Balaban J connectivity index is 2.90. The Morgan fingerprint density at radius 3 is 2.00 bits per heavy atom.